The van der Waals surface area contributed by atoms with Gasteiger partial charge in [-0.3, -0.25) is 5.73 Å². The molecule has 1 aromatic rings. The molecule has 0 spiro atoms. The fourth-order valence-electron chi connectivity index (χ4n) is 0.661. The summed E-state index contributed by atoms with van der Waals surface area (Å²) in [6, 6.07) is 3.57. The molecule has 2 atom stereocenters. The normalized spacial score (nSPS) is 17.5. The lowest BCUT2D eigenvalue weighted by Gasteiger charge is -2.05. The van der Waals surface area contributed by atoms with Gasteiger partial charge in [0, 0.05) is 6.92 Å². The summed E-state index contributed by atoms with van der Waals surface area (Å²) in [4.78, 5) is 9.58. The van der Waals surface area contributed by atoms with Gasteiger partial charge in [-0.2, -0.15) is 4.89 Å². The van der Waals surface area contributed by atoms with Crippen molar-refractivity contribution in [3.8, 4) is 0 Å². The van der Waals surface area contributed by atoms with Crippen LogP contribution >= 0.6 is 19.4 Å². The zero-order valence-electron chi connectivity index (χ0n) is 6.02. The van der Waals surface area contributed by atoms with Crippen LogP contribution in [0.4, 0.5) is 0 Å². The van der Waals surface area contributed by atoms with Crippen LogP contribution in [0.15, 0.2) is 17.5 Å². The second-order valence-corrected chi connectivity index (χ2v) is 4.82. The Labute approximate surface area is 69.7 Å². The summed E-state index contributed by atoms with van der Waals surface area (Å²) in [5.74, 6) is 0. The summed E-state index contributed by atoms with van der Waals surface area (Å²) in [6.07, 6.45) is 0. The lowest BCUT2D eigenvalue weighted by Crippen LogP contribution is -2.27. The van der Waals surface area contributed by atoms with E-state index in [2.05, 4.69) is 0 Å². The molecule has 11 heavy (non-hydrogen) atoms. The lowest BCUT2D eigenvalue weighted by molar-refractivity contribution is 0.464. The third-order valence-electron chi connectivity index (χ3n) is 1.42. The van der Waals surface area contributed by atoms with Crippen LogP contribution in [0.1, 0.15) is 11.8 Å². The Morgan fingerprint density at radius 1 is 1.82 bits per heavy atom. The maximum absolute atomic E-state index is 10.7. The van der Waals surface area contributed by atoms with E-state index in [1.165, 1.54) is 11.3 Å². The molecule has 0 aliphatic rings. The highest BCUT2D eigenvalue weighted by Gasteiger charge is 2.42. The first-order valence-electron chi connectivity index (χ1n) is 3.04. The van der Waals surface area contributed by atoms with Crippen molar-refractivity contribution >= 4 is 19.4 Å². The van der Waals surface area contributed by atoms with E-state index in [9.17, 15) is 4.57 Å². The van der Waals surface area contributed by atoms with Crippen molar-refractivity contribution in [2.24, 2.45) is 5.73 Å². The Kier molecular flexibility index (Phi) is 2.40. The van der Waals surface area contributed by atoms with E-state index in [1.807, 2.05) is 11.4 Å². The van der Waals surface area contributed by atoms with Crippen LogP contribution in [0.5, 0.6) is 0 Å². The molecular weight excluding hydrogens is 181 g/mol. The minimum absolute atomic E-state index is 0.737. The third-order valence-corrected chi connectivity index (χ3v) is 3.71. The first-order chi connectivity index (χ1) is 5.05. The van der Waals surface area contributed by atoms with Crippen molar-refractivity contribution in [1.82, 2.24) is 0 Å². The van der Waals surface area contributed by atoms with E-state index >= 15 is 0 Å². The maximum atomic E-state index is 10.7. The fourth-order valence-corrected chi connectivity index (χ4v) is 2.02. The van der Waals surface area contributed by atoms with Gasteiger partial charge in [-0.05, 0) is 16.0 Å². The lowest BCUT2D eigenvalue weighted by atomic mass is 10.3. The molecule has 0 radical (unpaired) electrons. The molecule has 1 heterocycles. The number of rotatable bonds is 2. The van der Waals surface area contributed by atoms with Gasteiger partial charge in [0.25, 0.3) is 5.28 Å². The molecule has 0 bridgehead atoms. The fraction of sp³-hybridized carbons (Fsp3) is 0.333. The number of hydrogen-bond acceptors (Lipinski definition) is 3. The third kappa shape index (κ3) is 1.65. The van der Waals surface area contributed by atoms with Crippen LogP contribution in [0.2, 0.25) is 0 Å². The van der Waals surface area contributed by atoms with Gasteiger partial charge in [-0.1, -0.05) is 6.07 Å². The molecule has 0 amide bonds. The summed E-state index contributed by atoms with van der Waals surface area (Å²) in [7, 11) is -2.36. The first kappa shape index (κ1) is 8.81. The molecule has 3 nitrogen and oxygen atoms in total. The maximum Gasteiger partial charge on any atom is 0.533 e. The number of nitrogens with two attached hydrogens (primary N) is 1. The van der Waals surface area contributed by atoms with Crippen LogP contribution in [0, 0.1) is 0 Å². The van der Waals surface area contributed by atoms with Crippen molar-refractivity contribution in [1.29, 1.82) is 0 Å². The van der Waals surface area contributed by atoms with E-state index in [-0.39, 0.29) is 0 Å². The number of hydrogen-bond donors (Lipinski definition) is 2. The Bertz CT molecular complexity index is 258. The molecule has 0 saturated heterocycles. The van der Waals surface area contributed by atoms with Gasteiger partial charge in [-0.25, -0.2) is 0 Å². The molecule has 1 aromatic heterocycles. The predicted molar refractivity (Wildman–Crippen MR) is 45.7 cm³/mol. The number of thiophene rings is 1. The van der Waals surface area contributed by atoms with Crippen molar-refractivity contribution in [3.63, 3.8) is 0 Å². The minimum Gasteiger partial charge on any atom is -0.278 e. The molecule has 0 fully saturated rings. The van der Waals surface area contributed by atoms with E-state index < -0.39 is 13.3 Å². The van der Waals surface area contributed by atoms with Crippen LogP contribution in [0.25, 0.3) is 0 Å². The molecule has 1 rings (SSSR count). The summed E-state index contributed by atoms with van der Waals surface area (Å²) in [5, 5.41) is 0.739. The van der Waals surface area contributed by atoms with E-state index in [1.54, 1.807) is 13.0 Å². The zero-order valence-corrected chi connectivity index (χ0v) is 7.73. The zero-order chi connectivity index (χ0) is 8.48. The van der Waals surface area contributed by atoms with E-state index in [4.69, 9.17) is 10.6 Å². The van der Waals surface area contributed by atoms with Crippen LogP contribution in [-0.2, 0) is 9.85 Å². The van der Waals surface area contributed by atoms with Crippen LogP contribution < -0.4 is 5.73 Å². The Morgan fingerprint density at radius 3 is 2.82 bits per heavy atom. The van der Waals surface area contributed by atoms with E-state index in [0.717, 1.165) is 4.88 Å². The van der Waals surface area contributed by atoms with Gasteiger partial charge in [-0.15, -0.1) is 11.3 Å². The molecule has 1 unspecified atom stereocenters. The van der Waals surface area contributed by atoms with Crippen molar-refractivity contribution in [3.05, 3.63) is 22.4 Å². The van der Waals surface area contributed by atoms with Gasteiger partial charge in [0.15, 0.2) is 0 Å². The molecular formula is C6H9NO2PS+. The highest BCUT2D eigenvalue weighted by molar-refractivity contribution is 7.40. The SMILES string of the molecule is C[C@](N)(c1cccs1)[P+](=O)O. The van der Waals surface area contributed by atoms with Gasteiger partial charge in [0.1, 0.15) is 0 Å². The molecule has 5 heteroatoms. The second kappa shape index (κ2) is 2.99. The molecule has 0 aliphatic carbocycles. The highest BCUT2D eigenvalue weighted by Crippen LogP contribution is 2.40. The monoisotopic (exact) mass is 190 g/mol. The van der Waals surface area contributed by atoms with Crippen molar-refractivity contribution < 1.29 is 9.46 Å². The summed E-state index contributed by atoms with van der Waals surface area (Å²) < 4.78 is 10.7. The van der Waals surface area contributed by atoms with E-state index in [0.29, 0.717) is 0 Å². The molecule has 0 aliphatic heterocycles. The first-order valence-corrected chi connectivity index (χ1v) is 5.13. The van der Waals surface area contributed by atoms with Gasteiger partial charge in [0.2, 0.25) is 0 Å². The average molecular weight is 190 g/mol. The van der Waals surface area contributed by atoms with Gasteiger partial charge >= 0.3 is 8.03 Å². The Morgan fingerprint density at radius 2 is 2.45 bits per heavy atom. The Balaban J connectivity index is 3.00. The quantitative estimate of drug-likeness (QED) is 0.696. The topological polar surface area (TPSA) is 63.3 Å². The van der Waals surface area contributed by atoms with Crippen LogP contribution in [-0.4, -0.2) is 4.89 Å². The second-order valence-electron chi connectivity index (χ2n) is 2.40. The van der Waals surface area contributed by atoms with Crippen molar-refractivity contribution in [2.45, 2.75) is 12.2 Å². The summed E-state index contributed by atoms with van der Waals surface area (Å²) >= 11 is 1.39. The van der Waals surface area contributed by atoms with Gasteiger partial charge < -0.3 is 0 Å². The van der Waals surface area contributed by atoms with Gasteiger partial charge in [0.05, 0.1) is 4.88 Å². The predicted octanol–water partition coefficient (Wildman–Crippen LogP) is 1.61. The molecule has 0 saturated carbocycles. The van der Waals surface area contributed by atoms with Crippen LogP contribution in [0.3, 0.4) is 0 Å². The largest absolute Gasteiger partial charge is 0.533 e. The summed E-state index contributed by atoms with van der Waals surface area (Å²) in [5.41, 5.74) is 5.60. The average Bonchev–Trinajstić information content (AvgIpc) is 2.37. The molecule has 60 valence electrons. The Hall–Kier alpha value is -0.280. The summed E-state index contributed by atoms with van der Waals surface area (Å²) in [6.45, 7) is 1.55. The molecule has 3 N–H and O–H groups in total. The highest BCUT2D eigenvalue weighted by atomic mass is 32.1. The standard InChI is InChI=1S/C6H8NO2PS/c1-6(7,10(8)9)5-3-2-4-11-5/h2-4H,7H2,1H3/p+1/t6-/m1/s1. The smallest absolute Gasteiger partial charge is 0.278 e. The van der Waals surface area contributed by atoms with Crippen molar-refractivity contribution in [2.75, 3.05) is 0 Å². The molecule has 0 aromatic carbocycles. The minimum atomic E-state index is -2.36.